The molecule has 0 aliphatic carbocycles. The van der Waals surface area contributed by atoms with Crippen molar-refractivity contribution in [3.05, 3.63) is 44.6 Å². The second-order valence-corrected chi connectivity index (χ2v) is 5.53. The molecule has 0 fully saturated rings. The van der Waals surface area contributed by atoms with Crippen molar-refractivity contribution in [2.45, 2.75) is 18.5 Å². The van der Waals surface area contributed by atoms with Crippen LogP contribution in [0.15, 0.2) is 28.3 Å². The molecule has 1 aromatic heterocycles. The monoisotopic (exact) mass is 350 g/mol. The van der Waals surface area contributed by atoms with E-state index < -0.39 is 10.9 Å². The van der Waals surface area contributed by atoms with Crippen LogP contribution in [0.4, 0.5) is 5.69 Å². The second kappa shape index (κ2) is 7.59. The standard InChI is InChI=1S/C14H14N4O5S/c1-3-12-15-14(17-16-12)24-11(13(19)20)7-8-4-5-10(23-2)9(6-8)18(21)22/h4-7H,3H2,1-2H3,(H,19,20)(H,15,16,17)/b11-7-. The fourth-order valence-electron chi connectivity index (χ4n) is 1.81. The quantitative estimate of drug-likeness (QED) is 0.337. The first kappa shape index (κ1) is 17.5. The number of rotatable bonds is 7. The number of hydrogen-bond acceptors (Lipinski definition) is 7. The number of aromatic amines is 1. The fourth-order valence-corrected chi connectivity index (χ4v) is 2.53. The maximum atomic E-state index is 11.4. The van der Waals surface area contributed by atoms with Crippen LogP contribution in [0.2, 0.25) is 0 Å². The van der Waals surface area contributed by atoms with Crippen molar-refractivity contribution < 1.29 is 19.6 Å². The first-order chi connectivity index (χ1) is 11.4. The number of nitro benzene ring substituents is 1. The highest BCUT2D eigenvalue weighted by molar-refractivity contribution is 8.04. The molecular weight excluding hydrogens is 336 g/mol. The highest BCUT2D eigenvalue weighted by Gasteiger charge is 2.17. The molecule has 0 radical (unpaired) electrons. The topological polar surface area (TPSA) is 131 Å². The van der Waals surface area contributed by atoms with Crippen molar-refractivity contribution >= 4 is 29.5 Å². The van der Waals surface area contributed by atoms with Gasteiger partial charge in [0.2, 0.25) is 5.16 Å². The van der Waals surface area contributed by atoms with Gasteiger partial charge in [0.05, 0.1) is 12.0 Å². The van der Waals surface area contributed by atoms with E-state index in [1.54, 1.807) is 0 Å². The van der Waals surface area contributed by atoms with E-state index in [0.717, 1.165) is 11.8 Å². The minimum atomic E-state index is -1.18. The Balaban J connectivity index is 2.35. The van der Waals surface area contributed by atoms with Crippen LogP contribution in [0.3, 0.4) is 0 Å². The molecular formula is C14H14N4O5S. The summed E-state index contributed by atoms with van der Waals surface area (Å²) in [5.41, 5.74) is 0.116. The molecule has 1 aromatic carbocycles. The molecule has 0 unspecified atom stereocenters. The van der Waals surface area contributed by atoms with Gasteiger partial charge in [0.25, 0.3) is 0 Å². The molecule has 0 saturated heterocycles. The van der Waals surface area contributed by atoms with Crippen LogP contribution >= 0.6 is 11.8 Å². The van der Waals surface area contributed by atoms with Crippen molar-refractivity contribution in [3.63, 3.8) is 0 Å². The molecule has 0 amide bonds. The van der Waals surface area contributed by atoms with Crippen molar-refractivity contribution in [1.82, 2.24) is 15.2 Å². The van der Waals surface area contributed by atoms with Gasteiger partial charge in [0, 0.05) is 12.5 Å². The molecule has 2 aromatic rings. The Hall–Kier alpha value is -2.88. The van der Waals surface area contributed by atoms with Gasteiger partial charge in [0.1, 0.15) is 10.7 Å². The molecule has 0 saturated carbocycles. The lowest BCUT2D eigenvalue weighted by atomic mass is 10.1. The Bertz CT molecular complexity index is 802. The number of carbonyl (C=O) groups is 1. The van der Waals surface area contributed by atoms with Gasteiger partial charge in [-0.05, 0) is 29.5 Å². The van der Waals surface area contributed by atoms with Gasteiger partial charge < -0.3 is 9.84 Å². The summed E-state index contributed by atoms with van der Waals surface area (Å²) in [6.45, 7) is 1.89. The number of benzene rings is 1. The van der Waals surface area contributed by atoms with Crippen LogP contribution in [0.25, 0.3) is 6.08 Å². The van der Waals surface area contributed by atoms with Gasteiger partial charge in [-0.2, -0.15) is 0 Å². The van der Waals surface area contributed by atoms with Gasteiger partial charge in [0.15, 0.2) is 5.75 Å². The van der Waals surface area contributed by atoms with E-state index in [1.807, 2.05) is 6.92 Å². The van der Waals surface area contributed by atoms with Gasteiger partial charge in [-0.3, -0.25) is 15.2 Å². The number of aryl methyl sites for hydroxylation is 1. The van der Waals surface area contributed by atoms with E-state index in [0.29, 0.717) is 17.8 Å². The number of nitro groups is 1. The minimum Gasteiger partial charge on any atom is -0.490 e. The Morgan fingerprint density at radius 1 is 1.54 bits per heavy atom. The Morgan fingerprint density at radius 2 is 2.29 bits per heavy atom. The predicted octanol–water partition coefficient (Wildman–Crippen LogP) is 2.50. The van der Waals surface area contributed by atoms with Gasteiger partial charge in [-0.1, -0.05) is 13.0 Å². The number of hydrogen-bond donors (Lipinski definition) is 2. The summed E-state index contributed by atoms with van der Waals surface area (Å²) >= 11 is 0.859. The number of methoxy groups -OCH3 is 1. The normalized spacial score (nSPS) is 11.3. The molecule has 126 valence electrons. The number of nitrogens with zero attached hydrogens (tertiary/aromatic N) is 3. The van der Waals surface area contributed by atoms with Gasteiger partial charge in [-0.25, -0.2) is 9.78 Å². The Labute approximate surface area is 140 Å². The lowest BCUT2D eigenvalue weighted by Gasteiger charge is -2.03. The smallest absolute Gasteiger partial charge is 0.342 e. The number of carboxylic acids is 1. The van der Waals surface area contributed by atoms with E-state index >= 15 is 0 Å². The molecule has 2 rings (SSSR count). The van der Waals surface area contributed by atoms with Crippen LogP contribution in [0.1, 0.15) is 18.3 Å². The number of carboxylic acid groups (broad SMARTS) is 1. The number of ether oxygens (including phenoxy) is 1. The SMILES string of the molecule is CCc1nc(S/C(=C\c2ccc(OC)c([N+](=O)[O-])c2)C(=O)O)n[nH]1. The molecule has 24 heavy (non-hydrogen) atoms. The number of thioether (sulfide) groups is 1. The van der Waals surface area contributed by atoms with E-state index in [9.17, 15) is 20.0 Å². The summed E-state index contributed by atoms with van der Waals surface area (Å²) in [6, 6.07) is 4.19. The molecule has 0 spiro atoms. The lowest BCUT2D eigenvalue weighted by Crippen LogP contribution is -1.98. The van der Waals surface area contributed by atoms with Crippen molar-refractivity contribution in [2.24, 2.45) is 0 Å². The number of nitrogens with one attached hydrogen (secondary N) is 1. The Kier molecular flexibility index (Phi) is 5.53. The summed E-state index contributed by atoms with van der Waals surface area (Å²) in [4.78, 5) is 25.9. The molecule has 0 aliphatic rings. The van der Waals surface area contributed by atoms with E-state index in [-0.39, 0.29) is 21.5 Å². The van der Waals surface area contributed by atoms with Crippen LogP contribution in [-0.2, 0) is 11.2 Å². The number of H-pyrrole nitrogens is 1. The molecule has 1 heterocycles. The van der Waals surface area contributed by atoms with Crippen LogP contribution in [0, 0.1) is 10.1 Å². The van der Waals surface area contributed by atoms with Gasteiger partial charge >= 0.3 is 11.7 Å². The third-order valence-corrected chi connectivity index (χ3v) is 3.83. The maximum absolute atomic E-state index is 11.4. The summed E-state index contributed by atoms with van der Waals surface area (Å²) in [7, 11) is 1.32. The Morgan fingerprint density at radius 3 is 2.83 bits per heavy atom. The van der Waals surface area contributed by atoms with Crippen molar-refractivity contribution in [3.8, 4) is 5.75 Å². The largest absolute Gasteiger partial charge is 0.490 e. The molecule has 10 heteroatoms. The first-order valence-electron chi connectivity index (χ1n) is 6.81. The zero-order chi connectivity index (χ0) is 17.7. The average Bonchev–Trinajstić information content (AvgIpc) is 3.01. The van der Waals surface area contributed by atoms with Crippen LogP contribution < -0.4 is 4.74 Å². The van der Waals surface area contributed by atoms with Gasteiger partial charge in [-0.15, -0.1) is 5.10 Å². The fraction of sp³-hybridized carbons (Fsp3) is 0.214. The van der Waals surface area contributed by atoms with Crippen LogP contribution in [-0.4, -0.2) is 38.3 Å². The van der Waals surface area contributed by atoms with Crippen molar-refractivity contribution in [2.75, 3.05) is 7.11 Å². The molecule has 9 nitrogen and oxygen atoms in total. The third kappa shape index (κ3) is 4.10. The summed E-state index contributed by atoms with van der Waals surface area (Å²) in [5.74, 6) is -0.438. The maximum Gasteiger partial charge on any atom is 0.342 e. The molecule has 0 bridgehead atoms. The number of aromatic nitrogens is 3. The highest BCUT2D eigenvalue weighted by atomic mass is 32.2. The van der Waals surface area contributed by atoms with Crippen molar-refractivity contribution in [1.29, 1.82) is 0 Å². The lowest BCUT2D eigenvalue weighted by molar-refractivity contribution is -0.385. The zero-order valence-corrected chi connectivity index (χ0v) is 13.7. The van der Waals surface area contributed by atoms with E-state index in [4.69, 9.17) is 4.74 Å². The average molecular weight is 350 g/mol. The summed E-state index contributed by atoms with van der Waals surface area (Å²) in [6.07, 6.45) is 1.96. The second-order valence-electron chi connectivity index (χ2n) is 4.52. The highest BCUT2D eigenvalue weighted by Crippen LogP contribution is 2.31. The minimum absolute atomic E-state index is 0.0592. The first-order valence-corrected chi connectivity index (χ1v) is 7.62. The third-order valence-electron chi connectivity index (χ3n) is 2.96. The molecule has 2 N–H and O–H groups in total. The molecule has 0 aliphatic heterocycles. The summed E-state index contributed by atoms with van der Waals surface area (Å²) in [5, 5.41) is 27.2. The zero-order valence-electron chi connectivity index (χ0n) is 12.8. The van der Waals surface area contributed by atoms with Crippen LogP contribution in [0.5, 0.6) is 5.75 Å². The predicted molar refractivity (Wildman–Crippen MR) is 86.9 cm³/mol. The van der Waals surface area contributed by atoms with E-state index in [2.05, 4.69) is 15.2 Å². The van der Waals surface area contributed by atoms with E-state index in [1.165, 1.54) is 31.4 Å². The number of aliphatic carboxylic acids is 1. The summed E-state index contributed by atoms with van der Waals surface area (Å²) < 4.78 is 4.92. The molecule has 0 atom stereocenters.